The van der Waals surface area contributed by atoms with Gasteiger partial charge in [-0.3, -0.25) is 4.79 Å². The van der Waals surface area contributed by atoms with Crippen molar-refractivity contribution in [1.29, 1.82) is 0 Å². The molecule has 2 unspecified atom stereocenters. The van der Waals surface area contributed by atoms with Crippen LogP contribution in [0, 0.1) is 11.8 Å². The lowest BCUT2D eigenvalue weighted by molar-refractivity contribution is -0.126. The second kappa shape index (κ2) is 8.20. The molecule has 1 aliphatic heterocycles. The number of rotatable bonds is 6. The maximum atomic E-state index is 12.7. The molecule has 0 aliphatic carbocycles. The summed E-state index contributed by atoms with van der Waals surface area (Å²) in [6.45, 7) is 6.72. The third kappa shape index (κ3) is 4.42. The summed E-state index contributed by atoms with van der Waals surface area (Å²) in [6, 6.07) is 9.21. The van der Waals surface area contributed by atoms with Crippen LogP contribution < -0.4 is 10.6 Å². The minimum Gasteiger partial charge on any atom is -0.354 e. The molecule has 0 radical (unpaired) electrons. The molecule has 0 spiro atoms. The van der Waals surface area contributed by atoms with E-state index in [4.69, 9.17) is 0 Å². The van der Waals surface area contributed by atoms with Crippen molar-refractivity contribution < 1.29 is 4.79 Å². The van der Waals surface area contributed by atoms with E-state index in [1.807, 2.05) is 44.2 Å². The second-order valence-corrected chi connectivity index (χ2v) is 6.95. The van der Waals surface area contributed by atoms with Gasteiger partial charge in [0.1, 0.15) is 0 Å². The van der Waals surface area contributed by atoms with E-state index >= 15 is 0 Å². The summed E-state index contributed by atoms with van der Waals surface area (Å²) in [5.41, 5.74) is 0.893. The topological polar surface area (TPSA) is 84.7 Å². The molecule has 2 N–H and O–H groups in total. The van der Waals surface area contributed by atoms with Crippen LogP contribution in [-0.4, -0.2) is 45.7 Å². The van der Waals surface area contributed by atoms with E-state index in [9.17, 15) is 4.79 Å². The van der Waals surface area contributed by atoms with Gasteiger partial charge in [-0.1, -0.05) is 44.2 Å². The van der Waals surface area contributed by atoms with Crippen molar-refractivity contribution in [2.75, 3.05) is 19.6 Å². The fourth-order valence-corrected chi connectivity index (χ4v) is 3.17. The first-order valence-corrected chi connectivity index (χ1v) is 8.98. The van der Waals surface area contributed by atoms with E-state index in [1.54, 1.807) is 0 Å². The molecule has 2 aromatic rings. The maximum Gasteiger partial charge on any atom is 0.247 e. The summed E-state index contributed by atoms with van der Waals surface area (Å²) in [4.78, 5) is 14.2. The van der Waals surface area contributed by atoms with Crippen LogP contribution in [0.1, 0.15) is 32.7 Å². The van der Waals surface area contributed by atoms with Crippen molar-refractivity contribution >= 4 is 5.91 Å². The smallest absolute Gasteiger partial charge is 0.247 e. The quantitative estimate of drug-likeness (QED) is 0.834. The average molecular weight is 342 g/mol. The minimum absolute atomic E-state index is 0.0439. The molecule has 1 aliphatic rings. The van der Waals surface area contributed by atoms with Gasteiger partial charge in [-0.2, -0.15) is 4.80 Å². The van der Waals surface area contributed by atoms with E-state index in [-0.39, 0.29) is 11.8 Å². The fraction of sp³-hybridized carbons (Fsp3) is 0.556. The Morgan fingerprint density at radius 3 is 2.84 bits per heavy atom. The molecule has 2 heterocycles. The Labute approximate surface area is 148 Å². The van der Waals surface area contributed by atoms with E-state index in [0.29, 0.717) is 18.3 Å². The normalized spacial score (nSPS) is 18.9. The van der Waals surface area contributed by atoms with Gasteiger partial charge in [0, 0.05) is 12.1 Å². The van der Waals surface area contributed by atoms with E-state index in [2.05, 4.69) is 26.0 Å². The first-order chi connectivity index (χ1) is 12.1. The van der Waals surface area contributed by atoms with E-state index in [1.165, 1.54) is 11.2 Å². The maximum absolute atomic E-state index is 12.7. The van der Waals surface area contributed by atoms with Gasteiger partial charge in [-0.25, -0.2) is 0 Å². The third-order valence-corrected chi connectivity index (χ3v) is 4.57. The van der Waals surface area contributed by atoms with Crippen LogP contribution in [-0.2, 0) is 4.79 Å². The van der Waals surface area contributed by atoms with Crippen LogP contribution in [0.25, 0.3) is 11.4 Å². The standard InChI is InChI=1S/C18H26N6O/c1-13(2)16(18(25)20-12-14-7-6-10-19-11-14)24-22-17(21-23-24)15-8-4-3-5-9-15/h3-5,8-9,13-14,16,19H,6-7,10-12H2,1-2H3,(H,20,25). The Morgan fingerprint density at radius 1 is 1.36 bits per heavy atom. The van der Waals surface area contributed by atoms with Gasteiger partial charge in [-0.15, -0.1) is 10.2 Å². The average Bonchev–Trinajstić information content (AvgIpc) is 3.11. The van der Waals surface area contributed by atoms with Gasteiger partial charge in [0.05, 0.1) is 0 Å². The van der Waals surface area contributed by atoms with Crippen molar-refractivity contribution in [2.45, 2.75) is 32.7 Å². The van der Waals surface area contributed by atoms with Crippen LogP contribution in [0.2, 0.25) is 0 Å². The highest BCUT2D eigenvalue weighted by molar-refractivity contribution is 5.80. The lowest BCUT2D eigenvalue weighted by Gasteiger charge is -2.25. The van der Waals surface area contributed by atoms with Crippen molar-refractivity contribution in [3.8, 4) is 11.4 Å². The van der Waals surface area contributed by atoms with Gasteiger partial charge in [0.15, 0.2) is 6.04 Å². The summed E-state index contributed by atoms with van der Waals surface area (Å²) in [5, 5.41) is 19.1. The van der Waals surface area contributed by atoms with Crippen molar-refractivity contribution in [3.05, 3.63) is 30.3 Å². The molecule has 1 aromatic carbocycles. The van der Waals surface area contributed by atoms with Gasteiger partial charge in [0.2, 0.25) is 11.7 Å². The second-order valence-electron chi connectivity index (χ2n) is 6.95. The lowest BCUT2D eigenvalue weighted by atomic mass is 9.99. The Kier molecular flexibility index (Phi) is 5.75. The molecule has 25 heavy (non-hydrogen) atoms. The first-order valence-electron chi connectivity index (χ1n) is 8.98. The van der Waals surface area contributed by atoms with Crippen molar-refractivity contribution in [2.24, 2.45) is 11.8 Å². The predicted molar refractivity (Wildman–Crippen MR) is 95.7 cm³/mol. The monoisotopic (exact) mass is 342 g/mol. The molecule has 1 saturated heterocycles. The highest BCUT2D eigenvalue weighted by atomic mass is 16.2. The molecule has 0 bridgehead atoms. The molecular weight excluding hydrogens is 316 g/mol. The van der Waals surface area contributed by atoms with Gasteiger partial charge in [-0.05, 0) is 43.0 Å². The molecule has 1 aromatic heterocycles. The largest absolute Gasteiger partial charge is 0.354 e. The number of benzene rings is 1. The lowest BCUT2D eigenvalue weighted by Crippen LogP contribution is -2.42. The molecule has 1 fully saturated rings. The number of piperidine rings is 1. The number of aromatic nitrogens is 4. The number of amides is 1. The van der Waals surface area contributed by atoms with Gasteiger partial charge in [0.25, 0.3) is 0 Å². The van der Waals surface area contributed by atoms with Crippen LogP contribution in [0.4, 0.5) is 0 Å². The molecule has 7 nitrogen and oxygen atoms in total. The summed E-state index contributed by atoms with van der Waals surface area (Å²) < 4.78 is 0. The Morgan fingerprint density at radius 2 is 2.16 bits per heavy atom. The van der Waals surface area contributed by atoms with Crippen LogP contribution in [0.3, 0.4) is 0 Å². The zero-order valence-electron chi connectivity index (χ0n) is 14.9. The summed E-state index contributed by atoms with van der Waals surface area (Å²) in [7, 11) is 0. The molecule has 0 saturated carbocycles. The SMILES string of the molecule is CC(C)C(C(=O)NCC1CCCNC1)n1nnc(-c2ccccc2)n1. The van der Waals surface area contributed by atoms with E-state index < -0.39 is 6.04 Å². The minimum atomic E-state index is -0.457. The van der Waals surface area contributed by atoms with Crippen LogP contribution in [0.15, 0.2) is 30.3 Å². The fourth-order valence-electron chi connectivity index (χ4n) is 3.17. The van der Waals surface area contributed by atoms with Crippen molar-refractivity contribution in [1.82, 2.24) is 30.8 Å². The van der Waals surface area contributed by atoms with E-state index in [0.717, 1.165) is 25.1 Å². The molecule has 2 atom stereocenters. The van der Waals surface area contributed by atoms with Gasteiger partial charge >= 0.3 is 0 Å². The number of hydrogen-bond donors (Lipinski definition) is 2. The zero-order chi connectivity index (χ0) is 17.6. The number of hydrogen-bond acceptors (Lipinski definition) is 5. The number of carbonyl (C=O) groups is 1. The third-order valence-electron chi connectivity index (χ3n) is 4.57. The number of carbonyl (C=O) groups excluding carboxylic acids is 1. The first kappa shape index (κ1) is 17.5. The zero-order valence-corrected chi connectivity index (χ0v) is 14.9. The van der Waals surface area contributed by atoms with Gasteiger partial charge < -0.3 is 10.6 Å². The van der Waals surface area contributed by atoms with Crippen LogP contribution >= 0.6 is 0 Å². The molecule has 7 heteroatoms. The summed E-state index contributed by atoms with van der Waals surface area (Å²) in [5.74, 6) is 1.06. The highest BCUT2D eigenvalue weighted by Crippen LogP contribution is 2.19. The molecule has 1 amide bonds. The molecule has 3 rings (SSSR count). The number of tetrazole rings is 1. The molecule has 134 valence electrons. The Hall–Kier alpha value is -2.28. The summed E-state index contributed by atoms with van der Waals surface area (Å²) >= 11 is 0. The van der Waals surface area contributed by atoms with Crippen LogP contribution in [0.5, 0.6) is 0 Å². The Balaban J connectivity index is 1.68. The molecular formula is C18H26N6O. The van der Waals surface area contributed by atoms with Crippen molar-refractivity contribution in [3.63, 3.8) is 0 Å². The Bertz CT molecular complexity index is 678. The highest BCUT2D eigenvalue weighted by Gasteiger charge is 2.27. The predicted octanol–water partition coefficient (Wildman–Crippen LogP) is 1.65. The summed E-state index contributed by atoms with van der Waals surface area (Å²) in [6.07, 6.45) is 2.32. The number of nitrogens with zero attached hydrogens (tertiary/aromatic N) is 4. The number of nitrogens with one attached hydrogen (secondary N) is 2.